The average Bonchev–Trinajstić information content (AvgIpc) is 3.42. The number of thiophene rings is 1. The molecule has 1 aromatic carbocycles. The van der Waals surface area contributed by atoms with Crippen molar-refractivity contribution in [1.82, 2.24) is 9.55 Å². The molecular weight excluding hydrogens is 469 g/mol. The first-order chi connectivity index (χ1) is 15.5. The first kappa shape index (κ1) is 21.9. The second-order valence-electron chi connectivity index (χ2n) is 8.36. The molecule has 1 saturated carbocycles. The topological polar surface area (TPSA) is 64.0 Å². The zero-order valence-electron chi connectivity index (χ0n) is 17.5. The molecule has 0 unspecified atom stereocenters. The fourth-order valence-corrected chi connectivity index (χ4v) is 7.02. The van der Waals surface area contributed by atoms with Gasteiger partial charge < -0.3 is 5.32 Å². The molecule has 1 N–H and O–H groups in total. The maximum absolute atomic E-state index is 14.0. The van der Waals surface area contributed by atoms with Crippen LogP contribution < -0.4 is 10.9 Å². The number of anilines is 1. The molecule has 2 aliphatic rings. The number of hydrogen-bond donors (Lipinski definition) is 1. The highest BCUT2D eigenvalue weighted by Crippen LogP contribution is 2.37. The summed E-state index contributed by atoms with van der Waals surface area (Å²) in [6.45, 7) is 0. The zero-order chi connectivity index (χ0) is 22.2. The minimum Gasteiger partial charge on any atom is -0.323 e. The molecule has 5 nitrogen and oxygen atoms in total. The summed E-state index contributed by atoms with van der Waals surface area (Å²) in [6, 6.07) is 4.25. The van der Waals surface area contributed by atoms with E-state index in [0.29, 0.717) is 5.16 Å². The van der Waals surface area contributed by atoms with Crippen molar-refractivity contribution >= 4 is 56.5 Å². The molecule has 5 rings (SSSR count). The normalized spacial score (nSPS) is 16.4. The van der Waals surface area contributed by atoms with Crippen molar-refractivity contribution in [3.63, 3.8) is 0 Å². The minimum atomic E-state index is -0.581. The molecule has 0 bridgehead atoms. The number of nitrogens with zero attached hydrogens (tertiary/aromatic N) is 2. The molecule has 0 radical (unpaired) electrons. The van der Waals surface area contributed by atoms with Gasteiger partial charge in [0.05, 0.1) is 16.8 Å². The molecule has 9 heteroatoms. The van der Waals surface area contributed by atoms with Crippen molar-refractivity contribution in [2.45, 2.75) is 62.6 Å². The van der Waals surface area contributed by atoms with Crippen LogP contribution in [0.15, 0.2) is 28.2 Å². The zero-order valence-corrected chi connectivity index (χ0v) is 19.8. The van der Waals surface area contributed by atoms with Crippen LogP contribution in [0.1, 0.15) is 55.0 Å². The van der Waals surface area contributed by atoms with Gasteiger partial charge in [0.25, 0.3) is 5.56 Å². The standard InChI is InChI=1S/C23H23ClFN3O2S2/c24-13-9-10-17(16(25)11-13)26-19(29)12-31-23-27-21-20(15-7-3-4-8-18(15)32-21)22(30)28(23)14-5-1-2-6-14/h9-11,14H,1-8,12H2,(H,26,29). The van der Waals surface area contributed by atoms with Gasteiger partial charge in [0, 0.05) is 15.9 Å². The van der Waals surface area contributed by atoms with Gasteiger partial charge in [-0.3, -0.25) is 14.2 Å². The Morgan fingerprint density at radius 3 is 2.81 bits per heavy atom. The molecule has 32 heavy (non-hydrogen) atoms. The highest BCUT2D eigenvalue weighted by atomic mass is 35.5. The summed E-state index contributed by atoms with van der Waals surface area (Å²) >= 11 is 8.64. The molecule has 1 amide bonds. The molecule has 2 heterocycles. The minimum absolute atomic E-state index is 0.0351. The Morgan fingerprint density at radius 2 is 2.03 bits per heavy atom. The van der Waals surface area contributed by atoms with E-state index in [1.54, 1.807) is 11.3 Å². The predicted octanol–water partition coefficient (Wildman–Crippen LogP) is 5.98. The van der Waals surface area contributed by atoms with Gasteiger partial charge in [0.1, 0.15) is 10.6 Å². The third-order valence-electron chi connectivity index (χ3n) is 6.22. The second-order valence-corrected chi connectivity index (χ2v) is 10.8. The lowest BCUT2D eigenvalue weighted by Gasteiger charge is -2.18. The summed E-state index contributed by atoms with van der Waals surface area (Å²) in [5.74, 6) is -0.894. The number of amides is 1. The van der Waals surface area contributed by atoms with Crippen LogP contribution >= 0.6 is 34.7 Å². The maximum Gasteiger partial charge on any atom is 0.263 e. The molecule has 2 aromatic heterocycles. The quantitative estimate of drug-likeness (QED) is 0.352. The highest BCUT2D eigenvalue weighted by molar-refractivity contribution is 7.99. The van der Waals surface area contributed by atoms with E-state index >= 15 is 0 Å². The Hall–Kier alpha value is -1.90. The van der Waals surface area contributed by atoms with Gasteiger partial charge in [-0.25, -0.2) is 9.37 Å². The van der Waals surface area contributed by atoms with Crippen LogP contribution in [0.2, 0.25) is 5.02 Å². The molecule has 1 fully saturated rings. The van der Waals surface area contributed by atoms with E-state index in [9.17, 15) is 14.0 Å². The molecule has 2 aliphatic carbocycles. The monoisotopic (exact) mass is 491 g/mol. The Balaban J connectivity index is 1.45. The lowest BCUT2D eigenvalue weighted by Crippen LogP contribution is -2.27. The molecular formula is C23H23ClFN3O2S2. The third kappa shape index (κ3) is 4.20. The number of halogens is 2. The van der Waals surface area contributed by atoms with Crippen molar-refractivity contribution in [3.05, 3.63) is 49.8 Å². The average molecular weight is 492 g/mol. The fraction of sp³-hybridized carbons (Fsp3) is 0.435. The SMILES string of the molecule is O=C(CSc1nc2sc3c(c2c(=O)n1C1CCCC1)CCCC3)Nc1ccc(Cl)cc1F. The van der Waals surface area contributed by atoms with Crippen molar-refractivity contribution in [1.29, 1.82) is 0 Å². The van der Waals surface area contributed by atoms with Gasteiger partial charge in [-0.15, -0.1) is 11.3 Å². The summed E-state index contributed by atoms with van der Waals surface area (Å²) in [4.78, 5) is 33.1. The van der Waals surface area contributed by atoms with Gasteiger partial charge in [0.15, 0.2) is 5.16 Å². The van der Waals surface area contributed by atoms with Crippen LogP contribution in [0.5, 0.6) is 0 Å². The largest absolute Gasteiger partial charge is 0.323 e. The van der Waals surface area contributed by atoms with Crippen molar-refractivity contribution in [2.75, 3.05) is 11.1 Å². The highest BCUT2D eigenvalue weighted by Gasteiger charge is 2.27. The Kier molecular flexibility index (Phi) is 6.27. The van der Waals surface area contributed by atoms with E-state index < -0.39 is 5.82 Å². The van der Waals surface area contributed by atoms with Gasteiger partial charge in [-0.05, 0) is 62.3 Å². The third-order valence-corrected chi connectivity index (χ3v) is 8.59. The van der Waals surface area contributed by atoms with Crippen molar-refractivity contribution in [3.8, 4) is 0 Å². The number of thioether (sulfide) groups is 1. The first-order valence-electron chi connectivity index (χ1n) is 11.0. The van der Waals surface area contributed by atoms with Crippen molar-refractivity contribution < 1.29 is 9.18 Å². The Bertz CT molecular complexity index is 1250. The van der Waals surface area contributed by atoms with Crippen molar-refractivity contribution in [2.24, 2.45) is 0 Å². The molecule has 0 saturated heterocycles. The summed E-state index contributed by atoms with van der Waals surface area (Å²) in [7, 11) is 0. The van der Waals surface area contributed by atoms with E-state index in [1.165, 1.54) is 34.3 Å². The summed E-state index contributed by atoms with van der Waals surface area (Å²) in [5, 5.41) is 4.22. The van der Waals surface area contributed by atoms with Crippen LogP contribution in [0, 0.1) is 5.82 Å². The van der Waals surface area contributed by atoms with Gasteiger partial charge in [-0.2, -0.15) is 0 Å². The number of hydrogen-bond acceptors (Lipinski definition) is 5. The Labute approximate surface area is 198 Å². The Morgan fingerprint density at radius 1 is 1.25 bits per heavy atom. The molecule has 3 aromatic rings. The van der Waals surface area contributed by atoms with Crippen LogP contribution in [-0.4, -0.2) is 21.2 Å². The lowest BCUT2D eigenvalue weighted by atomic mass is 9.97. The van der Waals surface area contributed by atoms with Crippen LogP contribution in [-0.2, 0) is 17.6 Å². The van der Waals surface area contributed by atoms with Gasteiger partial charge in [0.2, 0.25) is 5.91 Å². The van der Waals surface area contributed by atoms with E-state index in [1.807, 2.05) is 4.57 Å². The van der Waals surface area contributed by atoms with Crippen LogP contribution in [0.3, 0.4) is 0 Å². The summed E-state index contributed by atoms with van der Waals surface area (Å²) in [6.07, 6.45) is 8.31. The number of aromatic nitrogens is 2. The number of carbonyl (C=O) groups is 1. The second kappa shape index (κ2) is 9.15. The van der Waals surface area contributed by atoms with E-state index in [2.05, 4.69) is 5.32 Å². The summed E-state index contributed by atoms with van der Waals surface area (Å²) < 4.78 is 15.9. The van der Waals surface area contributed by atoms with E-state index in [4.69, 9.17) is 16.6 Å². The first-order valence-corrected chi connectivity index (χ1v) is 13.1. The lowest BCUT2D eigenvalue weighted by molar-refractivity contribution is -0.113. The molecule has 0 aliphatic heterocycles. The molecule has 0 spiro atoms. The number of fused-ring (bicyclic) bond motifs is 3. The van der Waals surface area contributed by atoms with E-state index in [0.717, 1.165) is 67.6 Å². The maximum atomic E-state index is 14.0. The predicted molar refractivity (Wildman–Crippen MR) is 129 cm³/mol. The summed E-state index contributed by atoms with van der Waals surface area (Å²) in [5.41, 5.74) is 1.31. The molecule has 168 valence electrons. The molecule has 0 atom stereocenters. The number of nitrogens with one attached hydrogen (secondary N) is 1. The number of benzene rings is 1. The van der Waals surface area contributed by atoms with Crippen LogP contribution in [0.4, 0.5) is 10.1 Å². The fourth-order valence-electron chi connectivity index (χ4n) is 4.69. The number of carbonyl (C=O) groups excluding carboxylic acids is 1. The van der Waals surface area contributed by atoms with Gasteiger partial charge >= 0.3 is 0 Å². The van der Waals surface area contributed by atoms with Crippen LogP contribution in [0.25, 0.3) is 10.2 Å². The number of rotatable bonds is 5. The van der Waals surface area contributed by atoms with Gasteiger partial charge in [-0.1, -0.05) is 36.2 Å². The number of aryl methyl sites for hydroxylation is 2. The smallest absolute Gasteiger partial charge is 0.263 e. The van der Waals surface area contributed by atoms with E-state index in [-0.39, 0.29) is 34.0 Å².